The highest BCUT2D eigenvalue weighted by molar-refractivity contribution is 5.76. The van der Waals surface area contributed by atoms with Gasteiger partial charge >= 0.3 is 6.18 Å². The van der Waals surface area contributed by atoms with E-state index in [1.54, 1.807) is 4.90 Å². The summed E-state index contributed by atoms with van der Waals surface area (Å²) in [5, 5.41) is 10.4. The fourth-order valence-corrected chi connectivity index (χ4v) is 4.44. The Kier molecular flexibility index (Phi) is 4.27. The maximum atomic E-state index is 13.0. The molecule has 2 aromatic rings. The molecule has 1 amide bonds. The third kappa shape index (κ3) is 3.23. The van der Waals surface area contributed by atoms with Gasteiger partial charge in [-0.2, -0.15) is 23.4 Å². The van der Waals surface area contributed by atoms with Gasteiger partial charge in [-0.05, 0) is 38.7 Å². The summed E-state index contributed by atoms with van der Waals surface area (Å²) in [5.41, 5.74) is 2.08. The number of hydrogen-bond acceptors (Lipinski definition) is 3. The summed E-state index contributed by atoms with van der Waals surface area (Å²) < 4.78 is 40.9. The van der Waals surface area contributed by atoms with Gasteiger partial charge in [0.05, 0.1) is 5.69 Å². The topological polar surface area (TPSA) is 66.8 Å². The van der Waals surface area contributed by atoms with Crippen LogP contribution in [0, 0.1) is 19.8 Å². The predicted octanol–water partition coefficient (Wildman–Crippen LogP) is 2.82. The van der Waals surface area contributed by atoms with Crippen molar-refractivity contribution in [3.8, 4) is 0 Å². The van der Waals surface area contributed by atoms with E-state index < -0.39 is 11.9 Å². The number of alkyl halides is 3. The number of carbonyl (C=O) groups excluding carboxylic acids is 1. The van der Waals surface area contributed by atoms with Gasteiger partial charge in [-0.15, -0.1) is 0 Å². The number of carbonyl (C=O) groups is 1. The third-order valence-corrected chi connectivity index (χ3v) is 5.66. The highest BCUT2D eigenvalue weighted by Gasteiger charge is 2.48. The summed E-state index contributed by atoms with van der Waals surface area (Å²) in [4.78, 5) is 14.3. The summed E-state index contributed by atoms with van der Waals surface area (Å²) in [6.45, 7) is 5.59. The van der Waals surface area contributed by atoms with Crippen LogP contribution in [-0.4, -0.2) is 43.9 Å². The van der Waals surface area contributed by atoms with Crippen molar-refractivity contribution in [2.75, 3.05) is 13.1 Å². The Labute approximate surface area is 154 Å². The average Bonchev–Trinajstić information content (AvgIpc) is 3.27. The molecule has 0 aromatic carbocycles. The van der Waals surface area contributed by atoms with Crippen LogP contribution in [0.4, 0.5) is 13.2 Å². The second kappa shape index (κ2) is 6.38. The van der Waals surface area contributed by atoms with E-state index in [0.717, 1.165) is 11.4 Å². The zero-order valence-electron chi connectivity index (χ0n) is 15.3. The molecule has 1 fully saturated rings. The van der Waals surface area contributed by atoms with Gasteiger partial charge < -0.3 is 4.90 Å². The first-order valence-electron chi connectivity index (χ1n) is 9.17. The van der Waals surface area contributed by atoms with E-state index >= 15 is 0 Å². The number of amides is 1. The molecule has 6 nitrogen and oxygen atoms in total. The number of rotatable bonds is 4. The first-order chi connectivity index (χ1) is 12.7. The Morgan fingerprint density at radius 3 is 2.78 bits per heavy atom. The number of halogens is 3. The number of nitrogens with one attached hydrogen (secondary N) is 1. The molecule has 2 atom stereocenters. The number of aromatic nitrogens is 4. The Hall–Kier alpha value is -2.32. The van der Waals surface area contributed by atoms with E-state index in [1.165, 1.54) is 0 Å². The third-order valence-electron chi connectivity index (χ3n) is 5.66. The minimum Gasteiger partial charge on any atom is -0.342 e. The Morgan fingerprint density at radius 2 is 2.11 bits per heavy atom. The van der Waals surface area contributed by atoms with Gasteiger partial charge in [-0.3, -0.25) is 14.6 Å². The van der Waals surface area contributed by atoms with Crippen LogP contribution in [0.3, 0.4) is 0 Å². The minimum absolute atomic E-state index is 0.0512. The molecule has 0 unspecified atom stereocenters. The van der Waals surface area contributed by atoms with Crippen molar-refractivity contribution in [2.45, 2.75) is 51.7 Å². The number of aryl methyl sites for hydroxylation is 3. The molecule has 2 aromatic heterocycles. The van der Waals surface area contributed by atoms with Crippen molar-refractivity contribution < 1.29 is 18.0 Å². The molecule has 1 saturated heterocycles. The van der Waals surface area contributed by atoms with E-state index in [4.69, 9.17) is 0 Å². The van der Waals surface area contributed by atoms with Crippen LogP contribution in [0.15, 0.2) is 6.07 Å². The van der Waals surface area contributed by atoms with Crippen LogP contribution >= 0.6 is 0 Å². The number of fused-ring (bicyclic) bond motifs is 3. The van der Waals surface area contributed by atoms with Crippen LogP contribution < -0.4 is 0 Å². The van der Waals surface area contributed by atoms with Crippen LogP contribution in [-0.2, 0) is 23.9 Å². The monoisotopic (exact) mass is 381 g/mol. The van der Waals surface area contributed by atoms with Crippen LogP contribution in [0.5, 0.6) is 0 Å². The molecule has 0 spiro atoms. The molecule has 1 aliphatic carbocycles. The van der Waals surface area contributed by atoms with Crippen molar-refractivity contribution in [3.05, 3.63) is 34.4 Å². The molecular formula is C18H22F3N5O. The maximum Gasteiger partial charge on any atom is 0.435 e. The van der Waals surface area contributed by atoms with E-state index in [2.05, 4.69) is 15.3 Å². The van der Waals surface area contributed by atoms with Crippen LogP contribution in [0.1, 0.15) is 47.1 Å². The molecule has 3 heterocycles. The smallest absolute Gasteiger partial charge is 0.342 e. The fraction of sp³-hybridized carbons (Fsp3) is 0.611. The highest BCUT2D eigenvalue weighted by atomic mass is 19.4. The number of aromatic amines is 1. The minimum atomic E-state index is -4.43. The number of likely N-dealkylation sites (tertiary alicyclic amines) is 1. The number of hydrogen-bond donors (Lipinski definition) is 1. The molecule has 0 saturated carbocycles. The molecule has 0 bridgehead atoms. The van der Waals surface area contributed by atoms with E-state index in [0.29, 0.717) is 44.6 Å². The lowest BCUT2D eigenvalue weighted by Crippen LogP contribution is -2.29. The molecule has 9 heteroatoms. The fourth-order valence-electron chi connectivity index (χ4n) is 4.44. The molecule has 1 N–H and O–H groups in total. The summed E-state index contributed by atoms with van der Waals surface area (Å²) in [7, 11) is 0. The van der Waals surface area contributed by atoms with Crippen molar-refractivity contribution in [2.24, 2.45) is 5.92 Å². The normalized spacial score (nSPS) is 21.6. The van der Waals surface area contributed by atoms with Gasteiger partial charge in [0.1, 0.15) is 0 Å². The van der Waals surface area contributed by atoms with Gasteiger partial charge in [-0.1, -0.05) is 0 Å². The standard InChI is InChI=1S/C18H22F3N5O/c1-10-6-11(2)26(24-10)5-3-4-15(27)25-8-12-7-13-16(14(12)9-25)22-23-17(13)18(19,20)21/h6,12,14H,3-5,7-9H2,1-2H3,(H,22,23)/t12-,14+/m1/s1. The van der Waals surface area contributed by atoms with Crippen LogP contribution in [0.2, 0.25) is 0 Å². The van der Waals surface area contributed by atoms with Crippen molar-refractivity contribution in [1.82, 2.24) is 24.9 Å². The lowest BCUT2D eigenvalue weighted by Gasteiger charge is -2.17. The van der Waals surface area contributed by atoms with Gasteiger partial charge in [0.25, 0.3) is 0 Å². The van der Waals surface area contributed by atoms with Crippen LogP contribution in [0.25, 0.3) is 0 Å². The van der Waals surface area contributed by atoms with Gasteiger partial charge in [0.2, 0.25) is 5.91 Å². The second-order valence-electron chi connectivity index (χ2n) is 7.59. The molecule has 27 heavy (non-hydrogen) atoms. The molecule has 2 aliphatic rings. The first-order valence-corrected chi connectivity index (χ1v) is 9.17. The Morgan fingerprint density at radius 1 is 1.33 bits per heavy atom. The van der Waals surface area contributed by atoms with Gasteiger partial charge in [-0.25, -0.2) is 0 Å². The van der Waals surface area contributed by atoms with Crippen molar-refractivity contribution in [3.63, 3.8) is 0 Å². The lowest BCUT2D eigenvalue weighted by atomic mass is 9.99. The quantitative estimate of drug-likeness (QED) is 0.886. The Bertz CT molecular complexity index is 869. The molecule has 4 rings (SSSR count). The van der Waals surface area contributed by atoms with E-state index in [1.807, 2.05) is 24.6 Å². The zero-order chi connectivity index (χ0) is 19.3. The van der Waals surface area contributed by atoms with Crippen molar-refractivity contribution in [1.29, 1.82) is 0 Å². The van der Waals surface area contributed by atoms with Crippen molar-refractivity contribution >= 4 is 5.91 Å². The molecule has 146 valence electrons. The summed E-state index contributed by atoms with van der Waals surface area (Å²) in [6.07, 6.45) is -2.98. The summed E-state index contributed by atoms with van der Waals surface area (Å²) in [6, 6.07) is 2.00. The predicted molar refractivity (Wildman–Crippen MR) is 91.0 cm³/mol. The van der Waals surface area contributed by atoms with Gasteiger partial charge in [0, 0.05) is 48.9 Å². The largest absolute Gasteiger partial charge is 0.435 e. The first kappa shape index (κ1) is 18.1. The Balaban J connectivity index is 1.34. The second-order valence-corrected chi connectivity index (χ2v) is 7.59. The molecule has 0 radical (unpaired) electrons. The average molecular weight is 381 g/mol. The lowest BCUT2D eigenvalue weighted by molar-refractivity contribution is -0.141. The highest BCUT2D eigenvalue weighted by Crippen LogP contribution is 2.46. The maximum absolute atomic E-state index is 13.0. The number of nitrogens with zero attached hydrogens (tertiary/aromatic N) is 4. The van der Waals surface area contributed by atoms with E-state index in [-0.39, 0.29) is 23.3 Å². The summed E-state index contributed by atoms with van der Waals surface area (Å²) >= 11 is 0. The van der Waals surface area contributed by atoms with E-state index in [9.17, 15) is 18.0 Å². The number of H-pyrrole nitrogens is 1. The molecular weight excluding hydrogens is 359 g/mol. The SMILES string of the molecule is Cc1cc(C)n(CCCC(=O)N2C[C@H]3Cc4c(C(F)(F)F)n[nH]c4[C@H]3C2)n1. The summed E-state index contributed by atoms with van der Waals surface area (Å²) in [5.74, 6) is 0.0434. The van der Waals surface area contributed by atoms with Gasteiger partial charge in [0.15, 0.2) is 5.69 Å². The zero-order valence-corrected chi connectivity index (χ0v) is 15.3. The molecule has 1 aliphatic heterocycles.